The van der Waals surface area contributed by atoms with Crippen molar-refractivity contribution in [3.8, 4) is 0 Å². The Balaban J connectivity index is 1.30. The lowest BCUT2D eigenvalue weighted by atomic mass is 10.1. The van der Waals surface area contributed by atoms with E-state index in [0.717, 1.165) is 37.2 Å². The summed E-state index contributed by atoms with van der Waals surface area (Å²) in [7, 11) is 0. The SMILES string of the molecule is O=C(Cc1csc(NC(=O)Cc2cccs2)n1)Nc1cccc(C(=O)N2CCCCC2)c1. The number of rotatable bonds is 7. The summed E-state index contributed by atoms with van der Waals surface area (Å²) in [5.74, 6) is -0.356. The Morgan fingerprint density at radius 1 is 0.938 bits per heavy atom. The Kier molecular flexibility index (Phi) is 7.28. The summed E-state index contributed by atoms with van der Waals surface area (Å²) < 4.78 is 0. The second kappa shape index (κ2) is 10.5. The molecule has 0 unspecified atom stereocenters. The first-order valence-electron chi connectivity index (χ1n) is 10.5. The van der Waals surface area contributed by atoms with Crippen LogP contribution in [0.2, 0.25) is 0 Å². The second-order valence-electron chi connectivity index (χ2n) is 7.61. The Morgan fingerprint density at radius 2 is 1.75 bits per heavy atom. The molecule has 1 aromatic carbocycles. The van der Waals surface area contributed by atoms with Gasteiger partial charge in [-0.25, -0.2) is 4.98 Å². The Hall–Kier alpha value is -3.04. The number of nitrogens with one attached hydrogen (secondary N) is 2. The van der Waals surface area contributed by atoms with Gasteiger partial charge in [0.05, 0.1) is 18.5 Å². The molecular formula is C23H24N4O3S2. The van der Waals surface area contributed by atoms with Crippen LogP contribution in [-0.2, 0) is 22.4 Å². The van der Waals surface area contributed by atoms with E-state index in [0.29, 0.717) is 28.5 Å². The number of benzene rings is 1. The molecule has 2 N–H and O–H groups in total. The van der Waals surface area contributed by atoms with Gasteiger partial charge in [0.15, 0.2) is 5.13 Å². The minimum absolute atomic E-state index is 0.00299. The molecule has 0 atom stereocenters. The fourth-order valence-electron chi connectivity index (χ4n) is 3.56. The highest BCUT2D eigenvalue weighted by atomic mass is 32.1. The van der Waals surface area contributed by atoms with E-state index < -0.39 is 0 Å². The largest absolute Gasteiger partial charge is 0.339 e. The minimum Gasteiger partial charge on any atom is -0.339 e. The number of carbonyl (C=O) groups excluding carboxylic acids is 3. The molecule has 2 aromatic heterocycles. The Bertz CT molecular complexity index is 1090. The van der Waals surface area contributed by atoms with E-state index in [1.54, 1.807) is 29.6 Å². The van der Waals surface area contributed by atoms with Gasteiger partial charge in [-0.2, -0.15) is 0 Å². The van der Waals surface area contributed by atoms with Gasteiger partial charge in [0.25, 0.3) is 5.91 Å². The van der Waals surface area contributed by atoms with Crippen LogP contribution in [0, 0.1) is 0 Å². The molecule has 1 saturated heterocycles. The maximum atomic E-state index is 12.7. The van der Waals surface area contributed by atoms with Gasteiger partial charge < -0.3 is 15.5 Å². The van der Waals surface area contributed by atoms with Crippen LogP contribution < -0.4 is 10.6 Å². The van der Waals surface area contributed by atoms with Gasteiger partial charge in [0.2, 0.25) is 11.8 Å². The van der Waals surface area contributed by atoms with Crippen LogP contribution in [0.4, 0.5) is 10.8 Å². The van der Waals surface area contributed by atoms with Crippen molar-refractivity contribution in [2.75, 3.05) is 23.7 Å². The predicted octanol–water partition coefficient (Wildman–Crippen LogP) is 4.19. The number of thiophene rings is 1. The van der Waals surface area contributed by atoms with E-state index >= 15 is 0 Å². The van der Waals surface area contributed by atoms with Crippen molar-refractivity contribution in [2.24, 2.45) is 0 Å². The molecule has 1 aliphatic heterocycles. The van der Waals surface area contributed by atoms with E-state index in [-0.39, 0.29) is 24.1 Å². The van der Waals surface area contributed by atoms with Gasteiger partial charge in [0, 0.05) is 34.6 Å². The van der Waals surface area contributed by atoms with Gasteiger partial charge in [0.1, 0.15) is 0 Å². The number of anilines is 2. The van der Waals surface area contributed by atoms with Crippen LogP contribution in [-0.4, -0.2) is 40.7 Å². The third kappa shape index (κ3) is 6.02. The lowest BCUT2D eigenvalue weighted by Crippen LogP contribution is -2.35. The third-order valence-electron chi connectivity index (χ3n) is 5.09. The first-order valence-corrected chi connectivity index (χ1v) is 12.3. The molecule has 4 rings (SSSR count). The standard InChI is InChI=1S/C23H24N4O3S2/c28-20(13-18-15-32-23(25-18)26-21(29)14-19-8-5-11-31-19)24-17-7-4-6-16(12-17)22(30)27-9-2-1-3-10-27/h4-8,11-12,15H,1-3,9-10,13-14H2,(H,24,28)(H,25,26,29). The molecule has 3 aromatic rings. The molecule has 0 radical (unpaired) electrons. The fourth-order valence-corrected chi connectivity index (χ4v) is 4.99. The van der Waals surface area contributed by atoms with Gasteiger partial charge in [-0.1, -0.05) is 12.1 Å². The molecule has 1 aliphatic rings. The average molecular weight is 469 g/mol. The van der Waals surface area contributed by atoms with Gasteiger partial charge in [-0.3, -0.25) is 14.4 Å². The summed E-state index contributed by atoms with van der Waals surface area (Å²) in [5, 5.41) is 9.78. The zero-order valence-electron chi connectivity index (χ0n) is 17.5. The Morgan fingerprint density at radius 3 is 2.53 bits per heavy atom. The first kappa shape index (κ1) is 22.2. The van der Waals surface area contributed by atoms with Crippen molar-refractivity contribution in [3.63, 3.8) is 0 Å². The minimum atomic E-state index is -0.227. The lowest BCUT2D eigenvalue weighted by Gasteiger charge is -2.26. The Labute approximate surface area is 194 Å². The summed E-state index contributed by atoms with van der Waals surface area (Å²) in [6.45, 7) is 1.57. The van der Waals surface area contributed by atoms with Crippen molar-refractivity contribution in [2.45, 2.75) is 32.1 Å². The summed E-state index contributed by atoms with van der Waals surface area (Å²) in [6.07, 6.45) is 3.62. The molecule has 0 spiro atoms. The molecule has 3 heterocycles. The summed E-state index contributed by atoms with van der Waals surface area (Å²) in [4.78, 5) is 44.5. The maximum Gasteiger partial charge on any atom is 0.253 e. The molecule has 32 heavy (non-hydrogen) atoms. The van der Waals surface area contributed by atoms with E-state index in [9.17, 15) is 14.4 Å². The number of carbonyl (C=O) groups is 3. The fraction of sp³-hybridized carbons (Fsp3) is 0.304. The van der Waals surface area contributed by atoms with Crippen molar-refractivity contribution in [3.05, 3.63) is 63.3 Å². The van der Waals surface area contributed by atoms with Crippen molar-refractivity contribution in [1.29, 1.82) is 0 Å². The van der Waals surface area contributed by atoms with E-state index in [4.69, 9.17) is 0 Å². The zero-order valence-corrected chi connectivity index (χ0v) is 19.1. The monoisotopic (exact) mass is 468 g/mol. The van der Waals surface area contributed by atoms with E-state index in [1.807, 2.05) is 22.4 Å². The van der Waals surface area contributed by atoms with Gasteiger partial charge in [-0.05, 0) is 48.9 Å². The molecule has 9 heteroatoms. The van der Waals surface area contributed by atoms with Crippen LogP contribution in [0.5, 0.6) is 0 Å². The molecule has 166 valence electrons. The number of amides is 3. The second-order valence-corrected chi connectivity index (χ2v) is 9.50. The number of thiazole rings is 1. The number of hydrogen-bond acceptors (Lipinski definition) is 6. The van der Waals surface area contributed by atoms with Crippen LogP contribution in [0.15, 0.2) is 47.2 Å². The van der Waals surface area contributed by atoms with Crippen molar-refractivity contribution >= 4 is 51.2 Å². The maximum absolute atomic E-state index is 12.7. The first-order chi connectivity index (χ1) is 15.6. The number of aromatic nitrogens is 1. The zero-order chi connectivity index (χ0) is 22.3. The average Bonchev–Trinajstić information content (AvgIpc) is 3.46. The highest BCUT2D eigenvalue weighted by molar-refractivity contribution is 7.14. The summed E-state index contributed by atoms with van der Waals surface area (Å²) in [6, 6.07) is 10.9. The molecule has 0 bridgehead atoms. The van der Waals surface area contributed by atoms with Crippen molar-refractivity contribution in [1.82, 2.24) is 9.88 Å². The highest BCUT2D eigenvalue weighted by Crippen LogP contribution is 2.19. The number of hydrogen-bond donors (Lipinski definition) is 2. The molecule has 0 aliphatic carbocycles. The normalized spacial score (nSPS) is 13.6. The predicted molar refractivity (Wildman–Crippen MR) is 127 cm³/mol. The van der Waals surface area contributed by atoms with Gasteiger partial charge in [-0.15, -0.1) is 22.7 Å². The molecular weight excluding hydrogens is 444 g/mol. The van der Waals surface area contributed by atoms with E-state index in [2.05, 4.69) is 15.6 Å². The van der Waals surface area contributed by atoms with Crippen LogP contribution in [0.25, 0.3) is 0 Å². The highest BCUT2D eigenvalue weighted by Gasteiger charge is 2.18. The molecule has 1 fully saturated rings. The number of piperidine rings is 1. The topological polar surface area (TPSA) is 91.4 Å². The summed E-state index contributed by atoms with van der Waals surface area (Å²) >= 11 is 2.82. The van der Waals surface area contributed by atoms with Gasteiger partial charge >= 0.3 is 0 Å². The van der Waals surface area contributed by atoms with Crippen LogP contribution >= 0.6 is 22.7 Å². The van der Waals surface area contributed by atoms with Crippen molar-refractivity contribution < 1.29 is 14.4 Å². The number of likely N-dealkylation sites (tertiary alicyclic amines) is 1. The molecule has 7 nitrogen and oxygen atoms in total. The molecule has 0 saturated carbocycles. The molecule has 3 amide bonds. The van der Waals surface area contributed by atoms with E-state index in [1.165, 1.54) is 22.7 Å². The lowest BCUT2D eigenvalue weighted by molar-refractivity contribution is -0.116. The smallest absolute Gasteiger partial charge is 0.253 e. The quantitative estimate of drug-likeness (QED) is 0.544. The van der Waals surface area contributed by atoms with Crippen LogP contribution in [0.3, 0.4) is 0 Å². The third-order valence-corrected chi connectivity index (χ3v) is 6.77. The summed E-state index contributed by atoms with van der Waals surface area (Å²) in [5.41, 5.74) is 1.74. The van der Waals surface area contributed by atoms with Crippen LogP contribution in [0.1, 0.15) is 40.2 Å². The number of nitrogens with zero attached hydrogens (tertiary/aromatic N) is 2.